The number of fused-ring (bicyclic) bond motifs is 3. The predicted molar refractivity (Wildman–Crippen MR) is 139 cm³/mol. The Morgan fingerprint density at radius 1 is 1.17 bits per heavy atom. The normalized spacial score (nSPS) is 15.5. The van der Waals surface area contributed by atoms with E-state index < -0.39 is 0 Å². The molecule has 1 amide bonds. The van der Waals surface area contributed by atoms with E-state index in [9.17, 15) is 4.79 Å². The minimum absolute atomic E-state index is 0.271. The fourth-order valence-electron chi connectivity index (χ4n) is 4.64. The Balaban J connectivity index is 1.52. The van der Waals surface area contributed by atoms with Crippen LogP contribution in [0.5, 0.6) is 5.75 Å². The third-order valence-corrected chi connectivity index (χ3v) is 6.65. The van der Waals surface area contributed by atoms with Gasteiger partial charge in [-0.1, -0.05) is 23.7 Å². The highest BCUT2D eigenvalue weighted by Gasteiger charge is 2.35. The standard InChI is InChI=1S/C27H34ClN3O4/c1-4-34-27(32)31-14-12-22-23-18-20(28)8-11-24(23)29-25(22)26(31)19-6-9-21(10-7-19)35-16-5-13-30(2)15-17-33-3/h6-11,18,26,29H,4-5,12-17H2,1-3H3. The second kappa shape index (κ2) is 11.8. The molecule has 1 atom stereocenters. The minimum Gasteiger partial charge on any atom is -0.494 e. The molecule has 4 rings (SSSR count). The summed E-state index contributed by atoms with van der Waals surface area (Å²) in [5, 5.41) is 1.81. The van der Waals surface area contributed by atoms with Gasteiger partial charge in [0.1, 0.15) is 11.8 Å². The zero-order valence-corrected chi connectivity index (χ0v) is 21.4. The number of halogens is 1. The number of nitrogens with one attached hydrogen (secondary N) is 1. The first-order chi connectivity index (χ1) is 17.0. The van der Waals surface area contributed by atoms with Gasteiger partial charge < -0.3 is 24.1 Å². The van der Waals surface area contributed by atoms with Gasteiger partial charge in [-0.3, -0.25) is 4.90 Å². The van der Waals surface area contributed by atoms with E-state index in [1.807, 2.05) is 49.4 Å². The summed E-state index contributed by atoms with van der Waals surface area (Å²) in [6.07, 6.45) is 1.37. The van der Waals surface area contributed by atoms with Crippen LogP contribution in [0.1, 0.15) is 36.2 Å². The quantitative estimate of drug-likeness (QED) is 0.385. The second-order valence-electron chi connectivity index (χ2n) is 8.82. The van der Waals surface area contributed by atoms with Gasteiger partial charge in [0, 0.05) is 48.4 Å². The summed E-state index contributed by atoms with van der Waals surface area (Å²) in [4.78, 5) is 20.4. The molecular weight excluding hydrogens is 466 g/mol. The van der Waals surface area contributed by atoms with Crippen LogP contribution in [0.25, 0.3) is 10.9 Å². The lowest BCUT2D eigenvalue weighted by Crippen LogP contribution is -2.40. The van der Waals surface area contributed by atoms with Crippen LogP contribution in [0.15, 0.2) is 42.5 Å². The summed E-state index contributed by atoms with van der Waals surface area (Å²) in [5.41, 5.74) is 4.23. The predicted octanol–water partition coefficient (Wildman–Crippen LogP) is 5.27. The van der Waals surface area contributed by atoms with Gasteiger partial charge in [0.15, 0.2) is 0 Å². The molecule has 1 N–H and O–H groups in total. The summed E-state index contributed by atoms with van der Waals surface area (Å²) in [5.74, 6) is 0.815. The van der Waals surface area contributed by atoms with E-state index in [2.05, 4.69) is 16.9 Å². The number of benzene rings is 2. The van der Waals surface area contributed by atoms with Crippen molar-refractivity contribution in [3.05, 3.63) is 64.3 Å². The third-order valence-electron chi connectivity index (χ3n) is 6.42. The fourth-order valence-corrected chi connectivity index (χ4v) is 4.81. The van der Waals surface area contributed by atoms with E-state index in [-0.39, 0.29) is 12.1 Å². The molecule has 1 aromatic heterocycles. The first-order valence-corrected chi connectivity index (χ1v) is 12.5. The average Bonchev–Trinajstić information content (AvgIpc) is 3.23. The molecule has 1 aliphatic rings. The number of hydrogen-bond acceptors (Lipinski definition) is 5. The number of amides is 1. The van der Waals surface area contributed by atoms with Crippen LogP contribution in [0.2, 0.25) is 5.02 Å². The van der Waals surface area contributed by atoms with E-state index >= 15 is 0 Å². The molecule has 1 unspecified atom stereocenters. The van der Waals surface area contributed by atoms with Crippen molar-refractivity contribution in [3.8, 4) is 5.75 Å². The van der Waals surface area contributed by atoms with Gasteiger partial charge >= 0.3 is 6.09 Å². The summed E-state index contributed by atoms with van der Waals surface area (Å²) >= 11 is 6.28. The molecule has 3 aromatic rings. The van der Waals surface area contributed by atoms with E-state index in [0.717, 1.165) is 60.4 Å². The lowest BCUT2D eigenvalue weighted by molar-refractivity contribution is 0.0932. The molecular formula is C27H34ClN3O4. The van der Waals surface area contributed by atoms with Crippen LogP contribution in [-0.4, -0.2) is 74.5 Å². The molecule has 35 heavy (non-hydrogen) atoms. The molecule has 8 heteroatoms. The molecule has 2 heterocycles. The molecule has 0 bridgehead atoms. The van der Waals surface area contributed by atoms with E-state index in [1.54, 1.807) is 12.0 Å². The first kappa shape index (κ1) is 25.4. The van der Waals surface area contributed by atoms with Gasteiger partial charge in [0.2, 0.25) is 0 Å². The summed E-state index contributed by atoms with van der Waals surface area (Å²) in [6, 6.07) is 13.6. The summed E-state index contributed by atoms with van der Waals surface area (Å²) in [7, 11) is 3.80. The Labute approximate surface area is 211 Å². The zero-order valence-electron chi connectivity index (χ0n) is 20.7. The third kappa shape index (κ3) is 5.92. The van der Waals surface area contributed by atoms with Crippen LogP contribution < -0.4 is 4.74 Å². The molecule has 2 aromatic carbocycles. The summed E-state index contributed by atoms with van der Waals surface area (Å²) < 4.78 is 16.5. The highest BCUT2D eigenvalue weighted by atomic mass is 35.5. The van der Waals surface area contributed by atoms with Crippen molar-refractivity contribution in [1.29, 1.82) is 0 Å². The van der Waals surface area contributed by atoms with Crippen molar-refractivity contribution in [1.82, 2.24) is 14.8 Å². The van der Waals surface area contributed by atoms with Crippen LogP contribution in [0, 0.1) is 0 Å². The van der Waals surface area contributed by atoms with Gasteiger partial charge in [0.25, 0.3) is 0 Å². The lowest BCUT2D eigenvalue weighted by atomic mass is 9.92. The molecule has 1 aliphatic heterocycles. The van der Waals surface area contributed by atoms with Crippen molar-refractivity contribution in [2.24, 2.45) is 0 Å². The van der Waals surface area contributed by atoms with E-state index in [1.165, 1.54) is 5.56 Å². The lowest BCUT2D eigenvalue weighted by Gasteiger charge is -2.35. The smallest absolute Gasteiger partial charge is 0.410 e. The van der Waals surface area contributed by atoms with Crippen molar-refractivity contribution < 1.29 is 19.0 Å². The Hall–Kier alpha value is -2.74. The molecule has 0 saturated heterocycles. The van der Waals surface area contributed by atoms with Gasteiger partial charge in [-0.25, -0.2) is 4.79 Å². The van der Waals surface area contributed by atoms with Crippen LogP contribution in [0.4, 0.5) is 4.79 Å². The Morgan fingerprint density at radius 2 is 1.97 bits per heavy atom. The number of H-pyrrole nitrogens is 1. The maximum atomic E-state index is 12.9. The Bertz CT molecular complexity index is 1130. The highest BCUT2D eigenvalue weighted by Crippen LogP contribution is 2.39. The van der Waals surface area contributed by atoms with Crippen molar-refractivity contribution in [3.63, 3.8) is 0 Å². The van der Waals surface area contributed by atoms with Crippen molar-refractivity contribution in [2.45, 2.75) is 25.8 Å². The van der Waals surface area contributed by atoms with Gasteiger partial charge in [-0.05, 0) is 68.3 Å². The van der Waals surface area contributed by atoms with E-state index in [0.29, 0.717) is 24.8 Å². The van der Waals surface area contributed by atoms with Crippen LogP contribution >= 0.6 is 11.6 Å². The average molecular weight is 500 g/mol. The van der Waals surface area contributed by atoms with Crippen molar-refractivity contribution in [2.75, 3.05) is 53.6 Å². The largest absolute Gasteiger partial charge is 0.494 e. The van der Waals surface area contributed by atoms with Gasteiger partial charge in [-0.2, -0.15) is 0 Å². The minimum atomic E-state index is -0.308. The molecule has 0 saturated carbocycles. The molecule has 7 nitrogen and oxygen atoms in total. The van der Waals surface area contributed by atoms with Gasteiger partial charge in [-0.15, -0.1) is 0 Å². The molecule has 0 radical (unpaired) electrons. The fraction of sp³-hybridized carbons (Fsp3) is 0.444. The van der Waals surface area contributed by atoms with Gasteiger partial charge in [0.05, 0.1) is 19.8 Å². The monoisotopic (exact) mass is 499 g/mol. The van der Waals surface area contributed by atoms with E-state index in [4.69, 9.17) is 25.8 Å². The maximum absolute atomic E-state index is 12.9. The zero-order chi connectivity index (χ0) is 24.8. The van der Waals surface area contributed by atoms with Crippen molar-refractivity contribution >= 4 is 28.6 Å². The summed E-state index contributed by atoms with van der Waals surface area (Å²) in [6.45, 7) is 5.97. The number of ether oxygens (including phenoxy) is 3. The number of carbonyl (C=O) groups excluding carboxylic acids is 1. The SMILES string of the molecule is CCOC(=O)N1CCc2c([nH]c3ccc(Cl)cc23)C1c1ccc(OCCCN(C)CCOC)cc1. The molecule has 0 spiro atoms. The first-order valence-electron chi connectivity index (χ1n) is 12.2. The number of aromatic amines is 1. The van der Waals surface area contributed by atoms with Crippen LogP contribution in [-0.2, 0) is 15.9 Å². The number of rotatable bonds is 10. The Morgan fingerprint density at radius 3 is 2.71 bits per heavy atom. The van der Waals surface area contributed by atoms with Crippen LogP contribution in [0.3, 0.4) is 0 Å². The topological polar surface area (TPSA) is 67.0 Å². The highest BCUT2D eigenvalue weighted by molar-refractivity contribution is 6.31. The number of carbonyl (C=O) groups is 1. The number of nitrogens with zero attached hydrogens (tertiary/aromatic N) is 2. The Kier molecular flexibility index (Phi) is 8.55. The maximum Gasteiger partial charge on any atom is 0.410 e. The molecule has 0 aliphatic carbocycles. The molecule has 188 valence electrons. The number of likely N-dealkylation sites (N-methyl/N-ethyl adjacent to an activating group) is 1. The number of methoxy groups -OCH3 is 1. The number of aromatic nitrogens is 1. The molecule has 0 fully saturated rings. The number of hydrogen-bond donors (Lipinski definition) is 1. The second-order valence-corrected chi connectivity index (χ2v) is 9.26.